The minimum Gasteiger partial charge on any atom is -0.497 e. The van der Waals surface area contributed by atoms with Crippen molar-refractivity contribution in [3.05, 3.63) is 24.3 Å². The van der Waals surface area contributed by atoms with Crippen molar-refractivity contribution in [2.45, 2.75) is 43.4 Å². The normalized spacial score (nSPS) is 14.9. The molecule has 0 heterocycles. The summed E-state index contributed by atoms with van der Waals surface area (Å²) in [7, 11) is -1.75. The minimum absolute atomic E-state index is 0.0768. The number of nitrogens with one attached hydrogen (secondary N) is 1. The molecule has 4 nitrogen and oxygen atoms in total. The van der Waals surface area contributed by atoms with Crippen molar-refractivity contribution in [1.82, 2.24) is 5.32 Å². The summed E-state index contributed by atoms with van der Waals surface area (Å²) in [5.41, 5.74) is 0. The molecule has 0 amide bonds. The summed E-state index contributed by atoms with van der Waals surface area (Å²) < 4.78 is 29.9. The van der Waals surface area contributed by atoms with Gasteiger partial charge in [0.1, 0.15) is 5.75 Å². The maximum Gasteiger partial charge on any atom is 0.182 e. The maximum atomic E-state index is 12.5. The molecule has 0 aliphatic heterocycles. The topological polar surface area (TPSA) is 55.4 Å². The van der Waals surface area contributed by atoms with Crippen LogP contribution in [0.15, 0.2) is 29.2 Å². The summed E-state index contributed by atoms with van der Waals surface area (Å²) in [6.07, 6.45) is 0.986. The van der Waals surface area contributed by atoms with Crippen molar-refractivity contribution in [2.75, 3.05) is 13.7 Å². The quantitative estimate of drug-likeness (QED) is 0.835. The monoisotopic (exact) mass is 285 g/mol. The molecule has 0 aliphatic carbocycles. The Balaban J connectivity index is 2.89. The Bertz CT molecular complexity index is 482. The van der Waals surface area contributed by atoms with Crippen molar-refractivity contribution in [2.24, 2.45) is 0 Å². The van der Waals surface area contributed by atoms with Crippen molar-refractivity contribution in [3.8, 4) is 5.75 Å². The number of benzene rings is 1. The van der Waals surface area contributed by atoms with Crippen LogP contribution < -0.4 is 10.1 Å². The van der Waals surface area contributed by atoms with Gasteiger partial charge in [0.2, 0.25) is 0 Å². The first-order valence-electron chi connectivity index (χ1n) is 6.54. The second-order valence-corrected chi connectivity index (χ2v) is 6.97. The minimum atomic E-state index is -3.31. The van der Waals surface area contributed by atoms with E-state index in [1.54, 1.807) is 38.3 Å². The summed E-state index contributed by atoms with van der Waals surface area (Å²) >= 11 is 0. The molecule has 2 atom stereocenters. The standard InChI is InChI=1S/C14H23NO3S/c1-5-10-15-11(2)12(3)19(16,17)14-8-6-13(18-4)7-9-14/h6-9,11-12,15H,5,10H2,1-4H3. The van der Waals surface area contributed by atoms with Crippen molar-refractivity contribution in [1.29, 1.82) is 0 Å². The van der Waals surface area contributed by atoms with E-state index in [-0.39, 0.29) is 6.04 Å². The van der Waals surface area contributed by atoms with Crippen LogP contribution in [0.4, 0.5) is 0 Å². The van der Waals surface area contributed by atoms with Gasteiger partial charge < -0.3 is 10.1 Å². The van der Waals surface area contributed by atoms with E-state index in [1.807, 2.05) is 6.92 Å². The van der Waals surface area contributed by atoms with Gasteiger partial charge in [-0.2, -0.15) is 0 Å². The van der Waals surface area contributed by atoms with Crippen LogP contribution in [0.3, 0.4) is 0 Å². The van der Waals surface area contributed by atoms with E-state index in [0.717, 1.165) is 13.0 Å². The predicted molar refractivity (Wildman–Crippen MR) is 77.4 cm³/mol. The van der Waals surface area contributed by atoms with Crippen LogP contribution in [-0.4, -0.2) is 33.4 Å². The number of rotatable bonds is 7. The highest BCUT2D eigenvalue weighted by molar-refractivity contribution is 7.92. The second-order valence-electron chi connectivity index (χ2n) is 4.67. The van der Waals surface area contributed by atoms with Gasteiger partial charge in [-0.1, -0.05) is 6.92 Å². The molecule has 0 fully saturated rings. The molecule has 0 aromatic heterocycles. The van der Waals surface area contributed by atoms with Crippen LogP contribution in [0.1, 0.15) is 27.2 Å². The molecule has 1 N–H and O–H groups in total. The maximum absolute atomic E-state index is 12.5. The van der Waals surface area contributed by atoms with E-state index in [0.29, 0.717) is 10.6 Å². The number of hydrogen-bond acceptors (Lipinski definition) is 4. The van der Waals surface area contributed by atoms with Gasteiger partial charge in [0.05, 0.1) is 17.3 Å². The van der Waals surface area contributed by atoms with Gasteiger partial charge in [-0.15, -0.1) is 0 Å². The molecule has 0 bridgehead atoms. The fraction of sp³-hybridized carbons (Fsp3) is 0.571. The lowest BCUT2D eigenvalue weighted by Gasteiger charge is -2.21. The Morgan fingerprint density at radius 3 is 2.26 bits per heavy atom. The summed E-state index contributed by atoms with van der Waals surface area (Å²) in [4.78, 5) is 0.339. The van der Waals surface area contributed by atoms with E-state index >= 15 is 0 Å². The van der Waals surface area contributed by atoms with Crippen LogP contribution in [0.2, 0.25) is 0 Å². The lowest BCUT2D eigenvalue weighted by molar-refractivity contribution is 0.414. The molecular weight excluding hydrogens is 262 g/mol. The highest BCUT2D eigenvalue weighted by Crippen LogP contribution is 2.21. The summed E-state index contributed by atoms with van der Waals surface area (Å²) in [5, 5.41) is 2.76. The average Bonchev–Trinajstić information content (AvgIpc) is 2.43. The van der Waals surface area contributed by atoms with Crippen LogP contribution in [0.5, 0.6) is 5.75 Å². The number of methoxy groups -OCH3 is 1. The zero-order valence-corrected chi connectivity index (χ0v) is 12.8. The van der Waals surface area contributed by atoms with Crippen molar-refractivity contribution >= 4 is 9.84 Å². The molecule has 0 aliphatic rings. The first-order chi connectivity index (χ1) is 8.93. The first-order valence-corrected chi connectivity index (χ1v) is 8.09. The molecule has 108 valence electrons. The third-order valence-corrected chi connectivity index (χ3v) is 5.61. The highest BCUT2D eigenvalue weighted by atomic mass is 32.2. The Morgan fingerprint density at radius 1 is 1.21 bits per heavy atom. The molecule has 0 saturated heterocycles. The molecule has 0 spiro atoms. The zero-order chi connectivity index (χ0) is 14.5. The molecule has 1 rings (SSSR count). The Kier molecular flexibility index (Phi) is 5.82. The molecule has 19 heavy (non-hydrogen) atoms. The van der Waals surface area contributed by atoms with Crippen LogP contribution >= 0.6 is 0 Å². The number of ether oxygens (including phenoxy) is 1. The fourth-order valence-corrected chi connectivity index (χ4v) is 3.37. The summed E-state index contributed by atoms with van der Waals surface area (Å²) in [5.74, 6) is 0.656. The van der Waals surface area contributed by atoms with Gasteiger partial charge in [-0.05, 0) is 51.1 Å². The average molecular weight is 285 g/mol. The van der Waals surface area contributed by atoms with Gasteiger partial charge in [-0.25, -0.2) is 8.42 Å². The van der Waals surface area contributed by atoms with Crippen LogP contribution in [0.25, 0.3) is 0 Å². The SMILES string of the molecule is CCCNC(C)C(C)S(=O)(=O)c1ccc(OC)cc1. The first kappa shape index (κ1) is 16.0. The third-order valence-electron chi connectivity index (χ3n) is 3.30. The number of sulfone groups is 1. The lowest BCUT2D eigenvalue weighted by atomic mass is 10.2. The fourth-order valence-electron chi connectivity index (χ4n) is 1.79. The Morgan fingerprint density at radius 2 is 1.79 bits per heavy atom. The molecular formula is C14H23NO3S. The van der Waals surface area contributed by atoms with E-state index in [4.69, 9.17) is 4.74 Å². The van der Waals surface area contributed by atoms with Crippen LogP contribution in [0, 0.1) is 0 Å². The van der Waals surface area contributed by atoms with E-state index in [2.05, 4.69) is 12.2 Å². The Hall–Kier alpha value is -1.07. The molecule has 1 aromatic carbocycles. The van der Waals surface area contributed by atoms with E-state index in [9.17, 15) is 8.42 Å². The Labute approximate surface area is 116 Å². The number of hydrogen-bond donors (Lipinski definition) is 1. The zero-order valence-electron chi connectivity index (χ0n) is 12.0. The van der Waals surface area contributed by atoms with Crippen molar-refractivity contribution < 1.29 is 13.2 Å². The summed E-state index contributed by atoms with van der Waals surface area (Å²) in [6.45, 7) is 6.53. The molecule has 2 unspecified atom stereocenters. The van der Waals surface area contributed by atoms with Gasteiger partial charge >= 0.3 is 0 Å². The van der Waals surface area contributed by atoms with E-state index < -0.39 is 15.1 Å². The largest absolute Gasteiger partial charge is 0.497 e. The third kappa shape index (κ3) is 3.94. The van der Waals surface area contributed by atoms with Gasteiger partial charge in [0, 0.05) is 6.04 Å². The predicted octanol–water partition coefficient (Wildman–Crippen LogP) is 2.25. The molecule has 0 radical (unpaired) electrons. The second kappa shape index (κ2) is 6.91. The van der Waals surface area contributed by atoms with Gasteiger partial charge in [-0.3, -0.25) is 0 Å². The van der Waals surface area contributed by atoms with Crippen molar-refractivity contribution in [3.63, 3.8) is 0 Å². The van der Waals surface area contributed by atoms with Gasteiger partial charge in [0.15, 0.2) is 9.84 Å². The molecule has 0 saturated carbocycles. The van der Waals surface area contributed by atoms with Crippen LogP contribution in [-0.2, 0) is 9.84 Å². The summed E-state index contributed by atoms with van der Waals surface area (Å²) in [6, 6.07) is 6.45. The molecule has 1 aromatic rings. The van der Waals surface area contributed by atoms with E-state index in [1.165, 1.54) is 0 Å². The lowest BCUT2D eigenvalue weighted by Crippen LogP contribution is -2.40. The molecule has 5 heteroatoms. The van der Waals surface area contributed by atoms with Gasteiger partial charge in [0.25, 0.3) is 0 Å². The highest BCUT2D eigenvalue weighted by Gasteiger charge is 2.27. The smallest absolute Gasteiger partial charge is 0.182 e.